The van der Waals surface area contributed by atoms with Crippen LogP contribution < -0.4 is 0 Å². The van der Waals surface area contributed by atoms with E-state index in [1.165, 1.54) is 173 Å². The van der Waals surface area contributed by atoms with Gasteiger partial charge in [-0.1, -0.05) is 219 Å². The maximum atomic E-state index is 12.7. The lowest BCUT2D eigenvalue weighted by atomic mass is 10.0. The zero-order valence-electron chi connectivity index (χ0n) is 37.7. The van der Waals surface area contributed by atoms with E-state index < -0.39 is 6.10 Å². The number of hydrogen-bond donors (Lipinski definition) is 0. The van der Waals surface area contributed by atoms with Crippen LogP contribution in [0.1, 0.15) is 271 Å². The third kappa shape index (κ3) is 43.3. The third-order valence-corrected chi connectivity index (χ3v) is 11.0. The molecule has 1 atom stereocenters. The molecule has 0 saturated heterocycles. The second kappa shape index (κ2) is 45.8. The summed E-state index contributed by atoms with van der Waals surface area (Å²) in [7, 11) is 0. The Balaban J connectivity index is 4.23. The number of esters is 3. The van der Waals surface area contributed by atoms with Crippen LogP contribution in [0.25, 0.3) is 0 Å². The number of carbonyl (C=O) groups excluding carboxylic acids is 3. The van der Waals surface area contributed by atoms with Crippen LogP contribution in [0.5, 0.6) is 0 Å². The van der Waals surface area contributed by atoms with Gasteiger partial charge in [0.05, 0.1) is 0 Å². The van der Waals surface area contributed by atoms with E-state index in [0.29, 0.717) is 19.3 Å². The quantitative estimate of drug-likeness (QED) is 0.0264. The van der Waals surface area contributed by atoms with Crippen LogP contribution in [0, 0.1) is 0 Å². The third-order valence-electron chi connectivity index (χ3n) is 11.0. The Kier molecular flexibility index (Phi) is 44.3. The molecule has 0 aromatic carbocycles. The average Bonchev–Trinajstić information content (AvgIpc) is 3.19. The van der Waals surface area contributed by atoms with Crippen molar-refractivity contribution in [3.63, 3.8) is 0 Å². The van der Waals surface area contributed by atoms with E-state index in [1.807, 2.05) is 0 Å². The fraction of sp³-hybridized carbons (Fsp3) is 0.900. The van der Waals surface area contributed by atoms with Crippen molar-refractivity contribution < 1.29 is 28.6 Å². The molecule has 6 heteroatoms. The Morgan fingerprint density at radius 1 is 0.339 bits per heavy atom. The van der Waals surface area contributed by atoms with Crippen molar-refractivity contribution in [2.75, 3.05) is 13.2 Å². The van der Waals surface area contributed by atoms with Crippen LogP contribution in [0.3, 0.4) is 0 Å². The normalized spacial score (nSPS) is 12.0. The molecule has 6 nitrogen and oxygen atoms in total. The molecule has 0 aliphatic carbocycles. The first-order chi connectivity index (χ1) is 27.5. The first-order valence-electron chi connectivity index (χ1n) is 24.7. The van der Waals surface area contributed by atoms with Gasteiger partial charge >= 0.3 is 17.9 Å². The molecular weight excluding hydrogens is 697 g/mol. The van der Waals surface area contributed by atoms with E-state index in [4.69, 9.17) is 14.2 Å². The molecule has 0 N–H and O–H groups in total. The minimum Gasteiger partial charge on any atom is -0.462 e. The summed E-state index contributed by atoms with van der Waals surface area (Å²) >= 11 is 0. The summed E-state index contributed by atoms with van der Waals surface area (Å²) in [5.74, 6) is -0.865. The molecule has 0 spiro atoms. The molecule has 0 aliphatic rings. The summed E-state index contributed by atoms with van der Waals surface area (Å²) in [5, 5.41) is 0. The highest BCUT2D eigenvalue weighted by atomic mass is 16.6. The molecule has 0 radical (unpaired) electrons. The van der Waals surface area contributed by atoms with Crippen LogP contribution >= 0.6 is 0 Å². The van der Waals surface area contributed by atoms with Crippen molar-refractivity contribution >= 4 is 17.9 Å². The van der Waals surface area contributed by atoms with Crippen molar-refractivity contribution in [2.24, 2.45) is 0 Å². The second-order valence-electron chi connectivity index (χ2n) is 16.7. The summed E-state index contributed by atoms with van der Waals surface area (Å²) in [4.78, 5) is 37.7. The fourth-order valence-electron chi connectivity index (χ4n) is 7.26. The highest BCUT2D eigenvalue weighted by Crippen LogP contribution is 2.16. The Hall–Kier alpha value is -1.85. The zero-order chi connectivity index (χ0) is 40.8. The molecular formula is C50H94O6. The summed E-state index contributed by atoms with van der Waals surface area (Å²) in [6.45, 7) is 6.61. The Bertz CT molecular complexity index is 870. The first-order valence-corrected chi connectivity index (χ1v) is 24.7. The largest absolute Gasteiger partial charge is 0.462 e. The van der Waals surface area contributed by atoms with E-state index >= 15 is 0 Å². The van der Waals surface area contributed by atoms with Gasteiger partial charge < -0.3 is 14.2 Å². The van der Waals surface area contributed by atoms with Crippen LogP contribution in [0.2, 0.25) is 0 Å². The van der Waals surface area contributed by atoms with E-state index in [-0.39, 0.29) is 31.1 Å². The molecule has 0 aromatic heterocycles. The molecule has 0 bridgehead atoms. The van der Waals surface area contributed by atoms with Gasteiger partial charge in [-0.05, 0) is 44.9 Å². The predicted molar refractivity (Wildman–Crippen MR) is 238 cm³/mol. The van der Waals surface area contributed by atoms with Crippen LogP contribution in [-0.2, 0) is 28.6 Å². The van der Waals surface area contributed by atoms with Gasteiger partial charge in [0, 0.05) is 19.3 Å². The molecule has 0 fully saturated rings. The predicted octanol–water partition coefficient (Wildman–Crippen LogP) is 15.8. The summed E-state index contributed by atoms with van der Waals surface area (Å²) < 4.78 is 16.7. The van der Waals surface area contributed by atoms with Crippen molar-refractivity contribution in [2.45, 2.75) is 277 Å². The SMILES string of the molecule is CCCCCCCC/C=C\CCCCCCCCCC(=O)OCC(COC(=O)CCCCCCCCC)OC(=O)CCCCCCCCCCCCCCCC. The minimum atomic E-state index is -0.763. The van der Waals surface area contributed by atoms with E-state index in [0.717, 1.165) is 57.8 Å². The van der Waals surface area contributed by atoms with Crippen molar-refractivity contribution in [3.8, 4) is 0 Å². The van der Waals surface area contributed by atoms with Gasteiger partial charge in [0.2, 0.25) is 0 Å². The number of rotatable bonds is 45. The molecule has 0 aliphatic heterocycles. The highest BCUT2D eigenvalue weighted by Gasteiger charge is 2.19. The highest BCUT2D eigenvalue weighted by molar-refractivity contribution is 5.71. The van der Waals surface area contributed by atoms with Crippen molar-refractivity contribution in [3.05, 3.63) is 12.2 Å². The lowest BCUT2D eigenvalue weighted by Gasteiger charge is -2.18. The molecule has 0 amide bonds. The Labute approximate surface area is 348 Å². The molecule has 0 heterocycles. The van der Waals surface area contributed by atoms with E-state index in [9.17, 15) is 14.4 Å². The van der Waals surface area contributed by atoms with Gasteiger partial charge in [0.25, 0.3) is 0 Å². The van der Waals surface area contributed by atoms with Gasteiger partial charge in [-0.25, -0.2) is 0 Å². The molecule has 0 rings (SSSR count). The second-order valence-corrected chi connectivity index (χ2v) is 16.7. The van der Waals surface area contributed by atoms with Gasteiger partial charge in [-0.3, -0.25) is 14.4 Å². The minimum absolute atomic E-state index is 0.0675. The standard InChI is InChI=1S/C50H94O6/c1-4-7-10-13-16-18-20-22-24-25-26-28-29-31-34-37-40-43-49(52)55-46-47(45-54-48(51)42-39-36-33-15-12-9-6-3)56-50(53)44-41-38-35-32-30-27-23-21-19-17-14-11-8-5-2/h22,24,47H,4-21,23,25-46H2,1-3H3/b24-22-. The van der Waals surface area contributed by atoms with E-state index in [1.54, 1.807) is 0 Å². The van der Waals surface area contributed by atoms with Gasteiger partial charge in [-0.15, -0.1) is 0 Å². The Morgan fingerprint density at radius 2 is 0.589 bits per heavy atom. The fourth-order valence-corrected chi connectivity index (χ4v) is 7.26. The number of hydrogen-bond acceptors (Lipinski definition) is 6. The van der Waals surface area contributed by atoms with Crippen LogP contribution in [0.4, 0.5) is 0 Å². The summed E-state index contributed by atoms with van der Waals surface area (Å²) in [6, 6.07) is 0. The summed E-state index contributed by atoms with van der Waals surface area (Å²) in [5.41, 5.74) is 0. The lowest BCUT2D eigenvalue weighted by Crippen LogP contribution is -2.30. The maximum Gasteiger partial charge on any atom is 0.306 e. The smallest absolute Gasteiger partial charge is 0.306 e. The molecule has 0 saturated carbocycles. The van der Waals surface area contributed by atoms with Crippen molar-refractivity contribution in [1.82, 2.24) is 0 Å². The summed E-state index contributed by atoms with van der Waals surface area (Å²) in [6.07, 6.45) is 49.2. The number of unbranched alkanes of at least 4 members (excludes halogenated alkanes) is 32. The molecule has 1 unspecified atom stereocenters. The van der Waals surface area contributed by atoms with Crippen LogP contribution in [0.15, 0.2) is 12.2 Å². The average molecular weight is 791 g/mol. The number of carbonyl (C=O) groups is 3. The van der Waals surface area contributed by atoms with Gasteiger partial charge in [0.1, 0.15) is 13.2 Å². The van der Waals surface area contributed by atoms with Crippen LogP contribution in [-0.4, -0.2) is 37.2 Å². The van der Waals surface area contributed by atoms with E-state index in [2.05, 4.69) is 32.9 Å². The monoisotopic (exact) mass is 791 g/mol. The van der Waals surface area contributed by atoms with Gasteiger partial charge in [0.15, 0.2) is 6.10 Å². The first kappa shape index (κ1) is 54.2. The lowest BCUT2D eigenvalue weighted by molar-refractivity contribution is -0.167. The number of allylic oxidation sites excluding steroid dienone is 2. The van der Waals surface area contributed by atoms with Gasteiger partial charge in [-0.2, -0.15) is 0 Å². The molecule has 56 heavy (non-hydrogen) atoms. The maximum absolute atomic E-state index is 12.7. The zero-order valence-corrected chi connectivity index (χ0v) is 37.7. The number of ether oxygens (including phenoxy) is 3. The topological polar surface area (TPSA) is 78.9 Å². The Morgan fingerprint density at radius 3 is 0.893 bits per heavy atom. The molecule has 0 aromatic rings. The van der Waals surface area contributed by atoms with Crippen molar-refractivity contribution in [1.29, 1.82) is 0 Å². The molecule has 330 valence electrons.